The lowest BCUT2D eigenvalue weighted by molar-refractivity contribution is -0.121. The first-order chi connectivity index (χ1) is 9.92. The van der Waals surface area contributed by atoms with Crippen molar-refractivity contribution in [3.05, 3.63) is 29.8 Å². The number of carbonyl (C=O) groups excluding carboxylic acids is 2. The monoisotopic (exact) mass is 291 g/mol. The van der Waals surface area contributed by atoms with E-state index in [9.17, 15) is 9.59 Å². The highest BCUT2D eigenvalue weighted by Crippen LogP contribution is 2.12. The summed E-state index contributed by atoms with van der Waals surface area (Å²) in [7, 11) is 3.36. The average molecular weight is 291 g/mol. The van der Waals surface area contributed by atoms with E-state index < -0.39 is 0 Å². The standard InChI is InChI=1S/C16H25N3O2/c1-5-7-12(2)17-15(20)11-13-8-6-9-14(10-13)18-16(21)19(3)4/h6,8-10,12H,5,7,11H2,1-4H3,(H,17,20)(H,18,21). The van der Waals surface area contributed by atoms with Crippen molar-refractivity contribution >= 4 is 17.6 Å². The summed E-state index contributed by atoms with van der Waals surface area (Å²) in [6.07, 6.45) is 2.35. The molecule has 1 rings (SSSR count). The van der Waals surface area contributed by atoms with Gasteiger partial charge in [0.15, 0.2) is 0 Å². The van der Waals surface area contributed by atoms with Crippen LogP contribution in [0.5, 0.6) is 0 Å². The van der Waals surface area contributed by atoms with Crippen molar-refractivity contribution in [3.8, 4) is 0 Å². The molecule has 0 fully saturated rings. The van der Waals surface area contributed by atoms with Crippen molar-refractivity contribution in [1.82, 2.24) is 10.2 Å². The number of nitrogens with one attached hydrogen (secondary N) is 2. The van der Waals surface area contributed by atoms with E-state index in [-0.39, 0.29) is 18.0 Å². The molecule has 0 heterocycles. The van der Waals surface area contributed by atoms with Gasteiger partial charge in [0.1, 0.15) is 0 Å². The molecule has 2 N–H and O–H groups in total. The Hall–Kier alpha value is -2.04. The number of benzene rings is 1. The molecule has 0 saturated carbocycles. The molecule has 116 valence electrons. The number of anilines is 1. The van der Waals surface area contributed by atoms with Crippen molar-refractivity contribution < 1.29 is 9.59 Å². The molecule has 0 aliphatic carbocycles. The van der Waals surface area contributed by atoms with Gasteiger partial charge in [0.2, 0.25) is 5.91 Å². The number of urea groups is 1. The number of carbonyl (C=O) groups is 2. The van der Waals surface area contributed by atoms with E-state index in [4.69, 9.17) is 0 Å². The molecule has 0 aliphatic rings. The molecule has 3 amide bonds. The molecule has 5 nitrogen and oxygen atoms in total. The summed E-state index contributed by atoms with van der Waals surface area (Å²) in [6.45, 7) is 4.11. The van der Waals surface area contributed by atoms with Crippen molar-refractivity contribution in [2.75, 3.05) is 19.4 Å². The molecule has 21 heavy (non-hydrogen) atoms. The fraction of sp³-hybridized carbons (Fsp3) is 0.500. The van der Waals surface area contributed by atoms with Crippen molar-refractivity contribution in [2.45, 2.75) is 39.2 Å². The minimum Gasteiger partial charge on any atom is -0.353 e. The van der Waals surface area contributed by atoms with Crippen LogP contribution in [0.25, 0.3) is 0 Å². The fourth-order valence-corrected chi connectivity index (χ4v) is 2.01. The Morgan fingerprint density at radius 3 is 2.62 bits per heavy atom. The van der Waals surface area contributed by atoms with E-state index in [1.807, 2.05) is 31.2 Å². The first-order valence-corrected chi connectivity index (χ1v) is 7.29. The quantitative estimate of drug-likeness (QED) is 0.846. The van der Waals surface area contributed by atoms with Gasteiger partial charge in [-0.15, -0.1) is 0 Å². The summed E-state index contributed by atoms with van der Waals surface area (Å²) >= 11 is 0. The van der Waals surface area contributed by atoms with E-state index in [0.29, 0.717) is 12.1 Å². The lowest BCUT2D eigenvalue weighted by Crippen LogP contribution is -2.33. The van der Waals surface area contributed by atoms with Crippen LogP contribution >= 0.6 is 0 Å². The van der Waals surface area contributed by atoms with Crippen LogP contribution in [-0.4, -0.2) is 37.0 Å². The molecule has 0 spiro atoms. The maximum absolute atomic E-state index is 11.9. The molecule has 1 atom stereocenters. The van der Waals surface area contributed by atoms with Gasteiger partial charge in [-0.25, -0.2) is 4.79 Å². The summed E-state index contributed by atoms with van der Waals surface area (Å²) in [5.74, 6) is 0.00651. The van der Waals surface area contributed by atoms with Crippen LogP contribution in [0.1, 0.15) is 32.3 Å². The van der Waals surface area contributed by atoms with Gasteiger partial charge < -0.3 is 15.5 Å². The third-order valence-corrected chi connectivity index (χ3v) is 3.08. The minimum absolute atomic E-state index is 0.00651. The van der Waals surface area contributed by atoms with E-state index >= 15 is 0 Å². The zero-order valence-corrected chi connectivity index (χ0v) is 13.3. The van der Waals surface area contributed by atoms with Crippen LogP contribution in [0.2, 0.25) is 0 Å². The van der Waals surface area contributed by atoms with Gasteiger partial charge in [-0.1, -0.05) is 25.5 Å². The smallest absolute Gasteiger partial charge is 0.321 e. The minimum atomic E-state index is -0.187. The SMILES string of the molecule is CCCC(C)NC(=O)Cc1cccc(NC(=O)N(C)C)c1. The summed E-state index contributed by atoms with van der Waals surface area (Å²) in [5.41, 5.74) is 1.58. The summed E-state index contributed by atoms with van der Waals surface area (Å²) in [5, 5.41) is 5.74. The molecule has 1 aromatic rings. The maximum atomic E-state index is 11.9. The number of amides is 3. The predicted octanol–water partition coefficient (Wildman–Crippen LogP) is 2.63. The lowest BCUT2D eigenvalue weighted by atomic mass is 10.1. The van der Waals surface area contributed by atoms with Crippen LogP contribution in [0.3, 0.4) is 0 Å². The van der Waals surface area contributed by atoms with Crippen molar-refractivity contribution in [1.29, 1.82) is 0 Å². The average Bonchev–Trinajstić information content (AvgIpc) is 2.38. The van der Waals surface area contributed by atoms with Gasteiger partial charge in [0.05, 0.1) is 6.42 Å². The molecular formula is C16H25N3O2. The second kappa shape index (κ2) is 8.29. The molecule has 0 saturated heterocycles. The largest absolute Gasteiger partial charge is 0.353 e. The first-order valence-electron chi connectivity index (χ1n) is 7.29. The zero-order chi connectivity index (χ0) is 15.8. The summed E-state index contributed by atoms with van der Waals surface area (Å²) < 4.78 is 0. The molecule has 0 aliphatic heterocycles. The summed E-state index contributed by atoms with van der Waals surface area (Å²) in [6, 6.07) is 7.36. The normalized spacial score (nSPS) is 11.6. The Balaban J connectivity index is 2.60. The number of hydrogen-bond donors (Lipinski definition) is 2. The summed E-state index contributed by atoms with van der Waals surface area (Å²) in [4.78, 5) is 25.0. The van der Waals surface area contributed by atoms with Crippen LogP contribution in [0.4, 0.5) is 10.5 Å². The van der Waals surface area contributed by atoms with E-state index in [2.05, 4.69) is 17.6 Å². The van der Waals surface area contributed by atoms with Gasteiger partial charge in [0.25, 0.3) is 0 Å². The molecule has 5 heteroatoms. The Morgan fingerprint density at radius 2 is 2.00 bits per heavy atom. The lowest BCUT2D eigenvalue weighted by Gasteiger charge is -2.14. The Bertz CT molecular complexity index is 486. The van der Waals surface area contributed by atoms with Crippen molar-refractivity contribution in [2.24, 2.45) is 0 Å². The molecular weight excluding hydrogens is 266 g/mol. The van der Waals surface area contributed by atoms with Gasteiger partial charge in [-0.3, -0.25) is 4.79 Å². The van der Waals surface area contributed by atoms with E-state index in [1.165, 1.54) is 4.90 Å². The highest BCUT2D eigenvalue weighted by atomic mass is 16.2. The van der Waals surface area contributed by atoms with E-state index in [0.717, 1.165) is 18.4 Å². The zero-order valence-electron chi connectivity index (χ0n) is 13.3. The molecule has 1 aromatic carbocycles. The highest BCUT2D eigenvalue weighted by Gasteiger charge is 2.09. The van der Waals surface area contributed by atoms with Crippen LogP contribution in [0, 0.1) is 0 Å². The number of rotatable bonds is 6. The predicted molar refractivity (Wildman–Crippen MR) is 85.4 cm³/mol. The van der Waals surface area contributed by atoms with E-state index in [1.54, 1.807) is 14.1 Å². The van der Waals surface area contributed by atoms with Gasteiger partial charge in [-0.2, -0.15) is 0 Å². The Labute approximate surface area is 126 Å². The van der Waals surface area contributed by atoms with Gasteiger partial charge in [-0.05, 0) is 31.0 Å². The number of hydrogen-bond acceptors (Lipinski definition) is 2. The molecule has 1 unspecified atom stereocenters. The van der Waals surface area contributed by atoms with Crippen LogP contribution in [0.15, 0.2) is 24.3 Å². The highest BCUT2D eigenvalue weighted by molar-refractivity contribution is 5.89. The second-order valence-electron chi connectivity index (χ2n) is 5.46. The number of nitrogens with zero attached hydrogens (tertiary/aromatic N) is 1. The molecule has 0 radical (unpaired) electrons. The van der Waals surface area contributed by atoms with Gasteiger partial charge in [0, 0.05) is 25.8 Å². The van der Waals surface area contributed by atoms with Gasteiger partial charge >= 0.3 is 6.03 Å². The van der Waals surface area contributed by atoms with Crippen LogP contribution in [-0.2, 0) is 11.2 Å². The third-order valence-electron chi connectivity index (χ3n) is 3.08. The van der Waals surface area contributed by atoms with Crippen LogP contribution < -0.4 is 10.6 Å². The molecule has 0 aromatic heterocycles. The maximum Gasteiger partial charge on any atom is 0.321 e. The Morgan fingerprint density at radius 1 is 1.29 bits per heavy atom. The second-order valence-corrected chi connectivity index (χ2v) is 5.46. The topological polar surface area (TPSA) is 61.4 Å². The Kier molecular flexibility index (Phi) is 6.72. The third kappa shape index (κ3) is 6.29. The van der Waals surface area contributed by atoms with Crippen molar-refractivity contribution in [3.63, 3.8) is 0 Å². The first kappa shape index (κ1) is 17.0. The fourth-order valence-electron chi connectivity index (χ4n) is 2.01. The molecule has 0 bridgehead atoms.